The van der Waals surface area contributed by atoms with Crippen LogP contribution in [0.2, 0.25) is 0 Å². The Morgan fingerprint density at radius 3 is 2.32 bits per heavy atom. The van der Waals surface area contributed by atoms with Crippen LogP contribution in [0, 0.1) is 11.3 Å². The molecule has 3 unspecified atom stereocenters. The van der Waals surface area contributed by atoms with E-state index in [0.29, 0.717) is 6.42 Å². The monoisotopic (exact) mass is 357 g/mol. The van der Waals surface area contributed by atoms with Gasteiger partial charge in [0.15, 0.2) is 5.41 Å². The van der Waals surface area contributed by atoms with Crippen molar-refractivity contribution in [2.45, 2.75) is 38.8 Å². The quantitative estimate of drug-likeness (QED) is 0.875. The Kier molecular flexibility index (Phi) is 5.44. The Labute approximate surface area is 144 Å². The number of hydrogen-bond acceptors (Lipinski definition) is 2. The number of carboxylic acid groups (broad SMARTS) is 1. The topological polar surface area (TPSA) is 57.6 Å². The number of amides is 1. The summed E-state index contributed by atoms with van der Waals surface area (Å²) in [7, 11) is 0. The fraction of sp³-hybridized carbons (Fsp3) is 0.556. The number of carboxylic acids is 1. The van der Waals surface area contributed by atoms with E-state index in [1.54, 1.807) is 30.3 Å². The van der Waals surface area contributed by atoms with Crippen LogP contribution in [0.3, 0.4) is 0 Å². The van der Waals surface area contributed by atoms with Gasteiger partial charge in [-0.2, -0.15) is 13.2 Å². The summed E-state index contributed by atoms with van der Waals surface area (Å²) >= 11 is 0. The molecule has 138 valence electrons. The van der Waals surface area contributed by atoms with Crippen molar-refractivity contribution < 1.29 is 27.9 Å². The van der Waals surface area contributed by atoms with Crippen LogP contribution >= 0.6 is 0 Å². The molecule has 1 aliphatic heterocycles. The average molecular weight is 357 g/mol. The van der Waals surface area contributed by atoms with Crippen molar-refractivity contribution >= 4 is 11.9 Å². The molecule has 2 rings (SSSR count). The lowest BCUT2D eigenvalue weighted by Crippen LogP contribution is -2.48. The van der Waals surface area contributed by atoms with Gasteiger partial charge in [-0.15, -0.1) is 0 Å². The van der Waals surface area contributed by atoms with Gasteiger partial charge in [0.1, 0.15) is 0 Å². The summed E-state index contributed by atoms with van der Waals surface area (Å²) in [5.74, 6) is -3.01. The van der Waals surface area contributed by atoms with Crippen molar-refractivity contribution in [2.75, 3.05) is 13.1 Å². The van der Waals surface area contributed by atoms with Crippen LogP contribution in [0.25, 0.3) is 0 Å². The number of rotatable bonds is 5. The standard InChI is InChI=1S/C18H22F3NO3/c1-3-12(2)14(13-7-5-4-6-8-13)15(23)22-10-9-17(11-22,16(24)25)18(19,20)21/h4-8,12,14H,3,9-11H2,1-2H3,(H,24,25). The van der Waals surface area contributed by atoms with E-state index in [0.717, 1.165) is 10.5 Å². The van der Waals surface area contributed by atoms with Crippen molar-refractivity contribution in [3.05, 3.63) is 35.9 Å². The van der Waals surface area contributed by atoms with Crippen molar-refractivity contribution in [3.8, 4) is 0 Å². The van der Waals surface area contributed by atoms with Crippen LogP contribution < -0.4 is 0 Å². The minimum Gasteiger partial charge on any atom is -0.481 e. The number of halogens is 3. The molecule has 7 heteroatoms. The Bertz CT molecular complexity index is 632. The number of aliphatic carboxylic acids is 1. The van der Waals surface area contributed by atoms with Gasteiger partial charge >= 0.3 is 12.1 Å². The van der Waals surface area contributed by atoms with Crippen LogP contribution in [-0.4, -0.2) is 41.1 Å². The van der Waals surface area contributed by atoms with Gasteiger partial charge in [-0.1, -0.05) is 50.6 Å². The van der Waals surface area contributed by atoms with Crippen molar-refractivity contribution in [1.82, 2.24) is 4.90 Å². The van der Waals surface area contributed by atoms with Gasteiger partial charge in [-0.25, -0.2) is 0 Å². The van der Waals surface area contributed by atoms with Gasteiger partial charge in [-0.3, -0.25) is 9.59 Å². The highest BCUT2D eigenvalue weighted by Crippen LogP contribution is 2.46. The van der Waals surface area contributed by atoms with Crippen LogP contribution in [0.5, 0.6) is 0 Å². The molecule has 0 aliphatic carbocycles. The first-order valence-corrected chi connectivity index (χ1v) is 8.28. The van der Waals surface area contributed by atoms with Gasteiger partial charge in [0.05, 0.1) is 5.92 Å². The van der Waals surface area contributed by atoms with Crippen molar-refractivity contribution in [1.29, 1.82) is 0 Å². The molecule has 0 spiro atoms. The molecule has 1 fully saturated rings. The molecule has 0 aromatic heterocycles. The maximum atomic E-state index is 13.3. The zero-order valence-corrected chi connectivity index (χ0v) is 14.2. The highest BCUT2D eigenvalue weighted by molar-refractivity contribution is 5.86. The molecule has 1 N–H and O–H groups in total. The highest BCUT2D eigenvalue weighted by Gasteiger charge is 2.64. The molecular weight excluding hydrogens is 335 g/mol. The van der Waals surface area contributed by atoms with E-state index < -0.39 is 42.4 Å². The van der Waals surface area contributed by atoms with Gasteiger partial charge in [0, 0.05) is 13.1 Å². The van der Waals surface area contributed by atoms with E-state index in [1.807, 2.05) is 13.8 Å². The summed E-state index contributed by atoms with van der Waals surface area (Å²) in [4.78, 5) is 25.3. The minimum absolute atomic E-state index is 0.0689. The lowest BCUT2D eigenvalue weighted by atomic mass is 9.84. The summed E-state index contributed by atoms with van der Waals surface area (Å²) in [5.41, 5.74) is -2.14. The van der Waals surface area contributed by atoms with Gasteiger partial charge in [-0.05, 0) is 17.9 Å². The zero-order chi connectivity index (χ0) is 18.8. The molecule has 1 amide bonds. The van der Waals surface area contributed by atoms with E-state index in [4.69, 9.17) is 5.11 Å². The molecule has 25 heavy (non-hydrogen) atoms. The van der Waals surface area contributed by atoms with E-state index in [1.165, 1.54) is 0 Å². The number of carbonyl (C=O) groups excluding carboxylic acids is 1. The van der Waals surface area contributed by atoms with Gasteiger partial charge in [0.25, 0.3) is 0 Å². The SMILES string of the molecule is CCC(C)C(C(=O)N1CCC(C(=O)O)(C(F)(F)F)C1)c1ccccc1. The lowest BCUT2D eigenvalue weighted by Gasteiger charge is -2.30. The third kappa shape index (κ3) is 3.50. The summed E-state index contributed by atoms with van der Waals surface area (Å²) in [5, 5.41) is 9.15. The van der Waals surface area contributed by atoms with E-state index in [9.17, 15) is 22.8 Å². The second kappa shape index (κ2) is 7.06. The number of hydrogen-bond donors (Lipinski definition) is 1. The first-order chi connectivity index (χ1) is 11.6. The molecule has 1 heterocycles. The number of carbonyl (C=O) groups is 2. The summed E-state index contributed by atoms with van der Waals surface area (Å²) < 4.78 is 40.0. The summed E-state index contributed by atoms with van der Waals surface area (Å²) in [6, 6.07) is 8.91. The molecule has 1 aromatic rings. The first kappa shape index (κ1) is 19.3. The second-order valence-electron chi connectivity index (χ2n) is 6.67. The predicted octanol–water partition coefficient (Wildman–Crippen LogP) is 3.68. The average Bonchev–Trinajstić information content (AvgIpc) is 3.02. The molecule has 1 aliphatic rings. The predicted molar refractivity (Wildman–Crippen MR) is 86.0 cm³/mol. The van der Waals surface area contributed by atoms with E-state index in [-0.39, 0.29) is 12.5 Å². The maximum absolute atomic E-state index is 13.3. The molecule has 1 aromatic carbocycles. The molecule has 0 bridgehead atoms. The van der Waals surface area contributed by atoms with E-state index in [2.05, 4.69) is 0 Å². The fourth-order valence-corrected chi connectivity index (χ4v) is 3.33. The number of benzene rings is 1. The third-order valence-corrected chi connectivity index (χ3v) is 5.17. The van der Waals surface area contributed by atoms with Gasteiger partial charge in [0.2, 0.25) is 5.91 Å². The highest BCUT2D eigenvalue weighted by atomic mass is 19.4. The normalized spacial score (nSPS) is 23.3. The zero-order valence-electron chi connectivity index (χ0n) is 14.2. The van der Waals surface area contributed by atoms with Crippen LogP contribution in [0.15, 0.2) is 30.3 Å². The number of alkyl halides is 3. The third-order valence-electron chi connectivity index (χ3n) is 5.17. The van der Waals surface area contributed by atoms with Crippen molar-refractivity contribution in [3.63, 3.8) is 0 Å². The summed E-state index contributed by atoms with van der Waals surface area (Å²) in [6.07, 6.45) is -4.82. The molecule has 3 atom stereocenters. The lowest BCUT2D eigenvalue weighted by molar-refractivity contribution is -0.227. The van der Waals surface area contributed by atoms with Crippen LogP contribution in [0.4, 0.5) is 13.2 Å². The minimum atomic E-state index is -4.90. The molecule has 0 saturated carbocycles. The summed E-state index contributed by atoms with van der Waals surface area (Å²) in [6.45, 7) is 2.75. The number of likely N-dealkylation sites (tertiary alicyclic amines) is 1. The Morgan fingerprint density at radius 1 is 1.28 bits per heavy atom. The van der Waals surface area contributed by atoms with Crippen molar-refractivity contribution in [2.24, 2.45) is 11.3 Å². The van der Waals surface area contributed by atoms with Gasteiger partial charge < -0.3 is 10.0 Å². The smallest absolute Gasteiger partial charge is 0.406 e. The van der Waals surface area contributed by atoms with Crippen LogP contribution in [-0.2, 0) is 9.59 Å². The Hall–Kier alpha value is -2.05. The fourth-order valence-electron chi connectivity index (χ4n) is 3.33. The molecular formula is C18H22F3NO3. The second-order valence-corrected chi connectivity index (χ2v) is 6.67. The largest absolute Gasteiger partial charge is 0.481 e. The van der Waals surface area contributed by atoms with E-state index >= 15 is 0 Å². The molecule has 4 nitrogen and oxygen atoms in total. The first-order valence-electron chi connectivity index (χ1n) is 8.28. The Morgan fingerprint density at radius 2 is 1.88 bits per heavy atom. The molecule has 0 radical (unpaired) electrons. The maximum Gasteiger partial charge on any atom is 0.406 e. The number of nitrogens with zero attached hydrogens (tertiary/aromatic N) is 1. The molecule has 1 saturated heterocycles. The van der Waals surface area contributed by atoms with Crippen LogP contribution in [0.1, 0.15) is 38.2 Å². The Balaban J connectivity index is 2.31.